The number of aliphatic imine (C=N–C) groups is 1. The van der Waals surface area contributed by atoms with Crippen molar-refractivity contribution in [3.63, 3.8) is 0 Å². The van der Waals surface area contributed by atoms with Crippen molar-refractivity contribution in [3.05, 3.63) is 45.2 Å². The predicted octanol–water partition coefficient (Wildman–Crippen LogP) is 2.77. The molecule has 1 aromatic carbocycles. The number of hydrogen-bond donors (Lipinski definition) is 2. The first-order chi connectivity index (χ1) is 14.2. The molecule has 152 valence electrons. The van der Waals surface area contributed by atoms with E-state index in [-0.39, 0.29) is 11.4 Å². The smallest absolute Gasteiger partial charge is 0.263 e. The number of rotatable bonds is 6. The summed E-state index contributed by atoms with van der Waals surface area (Å²) in [5.41, 5.74) is 9.79. The largest absolute Gasteiger partial charge is 0.383 e. The Bertz CT molecular complexity index is 985. The van der Waals surface area contributed by atoms with Crippen molar-refractivity contribution in [1.29, 1.82) is 0 Å². The molecular formula is C22H27N5O2. The van der Waals surface area contributed by atoms with E-state index in [4.69, 9.17) is 10.5 Å². The van der Waals surface area contributed by atoms with Gasteiger partial charge in [-0.2, -0.15) is 4.98 Å². The lowest BCUT2D eigenvalue weighted by molar-refractivity contribution is 0.122. The topological polar surface area (TPSA) is 96.6 Å². The van der Waals surface area contributed by atoms with Crippen LogP contribution in [0.25, 0.3) is 0 Å². The van der Waals surface area contributed by atoms with Crippen molar-refractivity contribution in [2.24, 2.45) is 10.9 Å². The fourth-order valence-electron chi connectivity index (χ4n) is 3.87. The Morgan fingerprint density at radius 2 is 2.03 bits per heavy atom. The molecule has 2 aromatic rings. The SMILES string of the molecule is Nc1nc(N2CCOCC2)[nH]c(=O)c1C=Nc1ccc(C2CC2)cc1CC1CC1. The highest BCUT2D eigenvalue weighted by Crippen LogP contribution is 2.43. The summed E-state index contributed by atoms with van der Waals surface area (Å²) >= 11 is 0. The lowest BCUT2D eigenvalue weighted by atomic mass is 10.0. The molecule has 1 aromatic heterocycles. The van der Waals surface area contributed by atoms with Crippen molar-refractivity contribution >= 4 is 23.7 Å². The summed E-state index contributed by atoms with van der Waals surface area (Å²) in [6, 6.07) is 6.58. The molecule has 0 radical (unpaired) electrons. The molecule has 7 nitrogen and oxygen atoms in total. The monoisotopic (exact) mass is 393 g/mol. The fraction of sp³-hybridized carbons (Fsp3) is 0.500. The lowest BCUT2D eigenvalue weighted by Crippen LogP contribution is -2.38. The summed E-state index contributed by atoms with van der Waals surface area (Å²) in [6.07, 6.45) is 7.81. The molecule has 2 aliphatic carbocycles. The minimum atomic E-state index is -0.263. The van der Waals surface area contributed by atoms with E-state index in [1.54, 1.807) is 6.21 Å². The highest BCUT2D eigenvalue weighted by molar-refractivity contribution is 5.87. The second kappa shape index (κ2) is 7.63. The number of nitrogen functional groups attached to an aromatic ring is 1. The highest BCUT2D eigenvalue weighted by Gasteiger charge is 2.26. The van der Waals surface area contributed by atoms with Crippen LogP contribution in [0, 0.1) is 5.92 Å². The van der Waals surface area contributed by atoms with Crippen LogP contribution in [0.2, 0.25) is 0 Å². The summed E-state index contributed by atoms with van der Waals surface area (Å²) in [4.78, 5) is 26.5. The minimum Gasteiger partial charge on any atom is -0.383 e. The van der Waals surface area contributed by atoms with Gasteiger partial charge >= 0.3 is 0 Å². The number of nitrogens with two attached hydrogens (primary N) is 1. The number of hydrogen-bond acceptors (Lipinski definition) is 6. The Kier molecular flexibility index (Phi) is 4.83. The molecule has 5 rings (SSSR count). The molecule has 7 heteroatoms. The number of nitrogens with one attached hydrogen (secondary N) is 1. The number of morpholine rings is 1. The number of nitrogens with zero attached hydrogens (tertiary/aromatic N) is 3. The Morgan fingerprint density at radius 3 is 2.72 bits per heavy atom. The van der Waals surface area contributed by atoms with Crippen LogP contribution in [0.15, 0.2) is 28.0 Å². The molecule has 0 unspecified atom stereocenters. The van der Waals surface area contributed by atoms with E-state index in [2.05, 4.69) is 33.2 Å². The molecule has 0 amide bonds. The molecule has 2 saturated carbocycles. The number of ether oxygens (including phenoxy) is 1. The first-order valence-corrected chi connectivity index (χ1v) is 10.6. The van der Waals surface area contributed by atoms with E-state index in [0.717, 1.165) is 23.9 Å². The quantitative estimate of drug-likeness (QED) is 0.736. The van der Waals surface area contributed by atoms with E-state index < -0.39 is 0 Å². The molecule has 0 spiro atoms. The van der Waals surface area contributed by atoms with Crippen LogP contribution in [0.4, 0.5) is 17.5 Å². The lowest BCUT2D eigenvalue weighted by Gasteiger charge is -2.27. The molecule has 1 aliphatic heterocycles. The first kappa shape index (κ1) is 18.4. The van der Waals surface area contributed by atoms with Gasteiger partial charge in [0.15, 0.2) is 0 Å². The molecule has 1 saturated heterocycles. The van der Waals surface area contributed by atoms with Crippen LogP contribution < -0.4 is 16.2 Å². The molecule has 3 N–H and O–H groups in total. The summed E-state index contributed by atoms with van der Waals surface area (Å²) in [7, 11) is 0. The molecule has 2 heterocycles. The number of H-pyrrole nitrogens is 1. The molecule has 0 atom stereocenters. The van der Waals surface area contributed by atoms with Crippen molar-refractivity contribution in [2.75, 3.05) is 36.9 Å². The van der Waals surface area contributed by atoms with Gasteiger partial charge in [0.2, 0.25) is 5.95 Å². The summed E-state index contributed by atoms with van der Waals surface area (Å²) in [5, 5.41) is 0. The Morgan fingerprint density at radius 1 is 1.24 bits per heavy atom. The van der Waals surface area contributed by atoms with Crippen LogP contribution in [0.1, 0.15) is 48.3 Å². The summed E-state index contributed by atoms with van der Waals surface area (Å²) in [6.45, 7) is 2.61. The Hall–Kier alpha value is -2.67. The zero-order valence-corrected chi connectivity index (χ0v) is 16.6. The molecule has 3 aliphatic rings. The van der Waals surface area contributed by atoms with Gasteiger partial charge in [0, 0.05) is 19.3 Å². The van der Waals surface area contributed by atoms with Gasteiger partial charge in [0.1, 0.15) is 11.4 Å². The third kappa shape index (κ3) is 4.19. The van der Waals surface area contributed by atoms with Gasteiger partial charge in [-0.05, 0) is 61.1 Å². The van der Waals surface area contributed by atoms with Crippen molar-refractivity contribution in [2.45, 2.75) is 38.0 Å². The van der Waals surface area contributed by atoms with Gasteiger partial charge in [-0.1, -0.05) is 12.1 Å². The van der Waals surface area contributed by atoms with E-state index in [1.807, 2.05) is 4.90 Å². The van der Waals surface area contributed by atoms with Crippen LogP contribution >= 0.6 is 0 Å². The normalized spacial score (nSPS) is 19.8. The van der Waals surface area contributed by atoms with E-state index in [1.165, 1.54) is 36.8 Å². The fourth-order valence-corrected chi connectivity index (χ4v) is 3.87. The third-order valence-electron chi connectivity index (χ3n) is 5.97. The van der Waals surface area contributed by atoms with Crippen LogP contribution in [-0.4, -0.2) is 42.5 Å². The zero-order chi connectivity index (χ0) is 19.8. The maximum absolute atomic E-state index is 12.6. The molecule has 3 fully saturated rings. The predicted molar refractivity (Wildman–Crippen MR) is 114 cm³/mol. The van der Waals surface area contributed by atoms with Crippen molar-refractivity contribution in [1.82, 2.24) is 9.97 Å². The standard InChI is InChI=1S/C22H27N5O2/c23-20-18(21(28)26-22(25-20)27-7-9-29-10-8-27)13-24-19-6-5-16(15-3-4-15)12-17(19)11-14-1-2-14/h5-6,12-15H,1-4,7-11H2,(H3,23,25,26,28). The molecular weight excluding hydrogens is 366 g/mol. The zero-order valence-electron chi connectivity index (χ0n) is 16.6. The van der Waals surface area contributed by atoms with Gasteiger partial charge in [-0.15, -0.1) is 0 Å². The molecule has 29 heavy (non-hydrogen) atoms. The van der Waals surface area contributed by atoms with E-state index in [9.17, 15) is 4.79 Å². The number of benzene rings is 1. The first-order valence-electron chi connectivity index (χ1n) is 10.6. The number of aromatic nitrogens is 2. The summed E-state index contributed by atoms with van der Waals surface area (Å²) < 4.78 is 5.35. The third-order valence-corrected chi connectivity index (χ3v) is 5.97. The average molecular weight is 393 g/mol. The Labute approximate surface area is 170 Å². The van der Waals surface area contributed by atoms with Crippen molar-refractivity contribution < 1.29 is 4.74 Å². The van der Waals surface area contributed by atoms with Crippen LogP contribution in [0.3, 0.4) is 0 Å². The van der Waals surface area contributed by atoms with Gasteiger partial charge in [0.25, 0.3) is 5.56 Å². The minimum absolute atomic E-state index is 0.206. The van der Waals surface area contributed by atoms with E-state index in [0.29, 0.717) is 37.8 Å². The van der Waals surface area contributed by atoms with Crippen LogP contribution in [0.5, 0.6) is 0 Å². The van der Waals surface area contributed by atoms with Gasteiger partial charge in [-0.3, -0.25) is 14.8 Å². The molecule has 0 bridgehead atoms. The second-order valence-electron chi connectivity index (χ2n) is 8.36. The average Bonchev–Trinajstić information content (AvgIpc) is 3.63. The number of aromatic amines is 1. The highest BCUT2D eigenvalue weighted by atomic mass is 16.5. The second-order valence-corrected chi connectivity index (χ2v) is 8.36. The van der Waals surface area contributed by atoms with E-state index >= 15 is 0 Å². The number of anilines is 2. The Balaban J connectivity index is 1.41. The van der Waals surface area contributed by atoms with Crippen molar-refractivity contribution in [3.8, 4) is 0 Å². The summed E-state index contributed by atoms with van der Waals surface area (Å²) in [5.74, 6) is 2.20. The maximum Gasteiger partial charge on any atom is 0.263 e. The van der Waals surface area contributed by atoms with Gasteiger partial charge in [0.05, 0.1) is 18.9 Å². The van der Waals surface area contributed by atoms with Crippen LogP contribution in [-0.2, 0) is 11.2 Å². The van der Waals surface area contributed by atoms with Gasteiger partial charge < -0.3 is 15.4 Å². The maximum atomic E-state index is 12.6. The van der Waals surface area contributed by atoms with Gasteiger partial charge in [-0.25, -0.2) is 0 Å².